The molecule has 0 radical (unpaired) electrons. The van der Waals surface area contributed by atoms with Gasteiger partial charge in [0.15, 0.2) is 24.4 Å². The summed E-state index contributed by atoms with van der Waals surface area (Å²) in [5.74, 6) is -3.75. The second kappa shape index (κ2) is 13.5. The molecule has 11 heteroatoms. The molecule has 0 aliphatic carbocycles. The molecule has 0 spiro atoms. The third-order valence-corrected chi connectivity index (χ3v) is 3.34. The number of carbonyl (C=O) groups excluding carboxylic acids is 5. The van der Waals surface area contributed by atoms with Crippen molar-refractivity contribution in [2.24, 2.45) is 0 Å². The summed E-state index contributed by atoms with van der Waals surface area (Å²) in [6, 6.07) is 0. The zero-order valence-corrected chi connectivity index (χ0v) is 18.3. The lowest BCUT2D eigenvalue weighted by Crippen LogP contribution is -2.54. The van der Waals surface area contributed by atoms with Crippen LogP contribution in [0, 0.1) is 0 Å². The molecule has 0 unspecified atom stereocenters. The molecule has 11 nitrogen and oxygen atoms in total. The SMILES string of the molecule is CC(=O)OC[C@@H](OC(C)=O)[C@@H](OC(C)=O)[C@H](OC(C)=O)[C@@H](COC(C)C)OC(C)=O. The van der Waals surface area contributed by atoms with Crippen LogP contribution < -0.4 is 0 Å². The lowest BCUT2D eigenvalue weighted by molar-refractivity contribution is -0.207. The first kappa shape index (κ1) is 27.3. The van der Waals surface area contributed by atoms with Crippen LogP contribution in [0.3, 0.4) is 0 Å². The van der Waals surface area contributed by atoms with Gasteiger partial charge < -0.3 is 28.4 Å². The van der Waals surface area contributed by atoms with Crippen molar-refractivity contribution in [3.05, 3.63) is 0 Å². The molecule has 0 aromatic heterocycles. The van der Waals surface area contributed by atoms with Crippen LogP contribution in [-0.4, -0.2) is 73.6 Å². The van der Waals surface area contributed by atoms with Gasteiger partial charge in [0.25, 0.3) is 0 Å². The Morgan fingerprint density at radius 3 is 1.23 bits per heavy atom. The van der Waals surface area contributed by atoms with Gasteiger partial charge >= 0.3 is 29.8 Å². The Morgan fingerprint density at radius 1 is 0.567 bits per heavy atom. The molecule has 0 amide bonds. The topological polar surface area (TPSA) is 141 Å². The van der Waals surface area contributed by atoms with Gasteiger partial charge in [0.1, 0.15) is 6.61 Å². The van der Waals surface area contributed by atoms with Gasteiger partial charge in [-0.3, -0.25) is 24.0 Å². The summed E-state index contributed by atoms with van der Waals surface area (Å²) in [6.07, 6.45) is -5.72. The monoisotopic (exact) mass is 434 g/mol. The molecule has 0 aromatic rings. The predicted molar refractivity (Wildman–Crippen MR) is 99.9 cm³/mol. The number of carbonyl (C=O) groups is 5. The van der Waals surface area contributed by atoms with Crippen LogP contribution in [-0.2, 0) is 52.4 Å². The Morgan fingerprint density at radius 2 is 0.933 bits per heavy atom. The van der Waals surface area contributed by atoms with Gasteiger partial charge in [-0.25, -0.2) is 0 Å². The van der Waals surface area contributed by atoms with Gasteiger partial charge in [0.2, 0.25) is 0 Å². The van der Waals surface area contributed by atoms with Crippen molar-refractivity contribution in [2.45, 2.75) is 79.0 Å². The Kier molecular flexibility index (Phi) is 12.3. The second-order valence-electron chi connectivity index (χ2n) is 6.63. The van der Waals surface area contributed by atoms with Crippen molar-refractivity contribution < 1.29 is 52.4 Å². The van der Waals surface area contributed by atoms with E-state index in [4.69, 9.17) is 28.4 Å². The zero-order chi connectivity index (χ0) is 23.4. The van der Waals surface area contributed by atoms with E-state index in [1.165, 1.54) is 0 Å². The van der Waals surface area contributed by atoms with E-state index in [2.05, 4.69) is 0 Å². The smallest absolute Gasteiger partial charge is 0.303 e. The molecular formula is C19H30O11. The molecule has 0 aliphatic heterocycles. The molecule has 0 aromatic carbocycles. The second-order valence-corrected chi connectivity index (χ2v) is 6.63. The first-order chi connectivity index (χ1) is 13.8. The maximum Gasteiger partial charge on any atom is 0.303 e. The highest BCUT2D eigenvalue weighted by molar-refractivity contribution is 5.69. The summed E-state index contributed by atoms with van der Waals surface area (Å²) in [7, 11) is 0. The number of ether oxygens (including phenoxy) is 6. The number of hydrogen-bond donors (Lipinski definition) is 0. The van der Waals surface area contributed by atoms with Crippen molar-refractivity contribution in [3.63, 3.8) is 0 Å². The van der Waals surface area contributed by atoms with E-state index < -0.39 is 60.9 Å². The average molecular weight is 434 g/mol. The van der Waals surface area contributed by atoms with Crippen molar-refractivity contribution in [2.75, 3.05) is 13.2 Å². The van der Waals surface area contributed by atoms with Crippen molar-refractivity contribution in [3.8, 4) is 0 Å². The van der Waals surface area contributed by atoms with Gasteiger partial charge in [-0.2, -0.15) is 0 Å². The third kappa shape index (κ3) is 12.0. The van der Waals surface area contributed by atoms with E-state index in [9.17, 15) is 24.0 Å². The van der Waals surface area contributed by atoms with E-state index in [0.717, 1.165) is 34.6 Å². The maximum absolute atomic E-state index is 11.7. The minimum Gasteiger partial charge on any atom is -0.462 e. The highest BCUT2D eigenvalue weighted by Crippen LogP contribution is 2.21. The van der Waals surface area contributed by atoms with E-state index in [1.807, 2.05) is 0 Å². The minimum atomic E-state index is -1.46. The fourth-order valence-electron chi connectivity index (χ4n) is 2.40. The van der Waals surface area contributed by atoms with Crippen LogP contribution in [0.15, 0.2) is 0 Å². The molecule has 0 rings (SSSR count). The highest BCUT2D eigenvalue weighted by atomic mass is 16.6. The quantitative estimate of drug-likeness (QED) is 0.316. The van der Waals surface area contributed by atoms with E-state index in [-0.39, 0.29) is 12.7 Å². The molecule has 30 heavy (non-hydrogen) atoms. The summed E-state index contributed by atoms with van der Waals surface area (Å²) >= 11 is 0. The Hall–Kier alpha value is -2.69. The molecule has 0 fully saturated rings. The van der Waals surface area contributed by atoms with Crippen molar-refractivity contribution >= 4 is 29.8 Å². The molecule has 4 atom stereocenters. The third-order valence-electron chi connectivity index (χ3n) is 3.34. The molecule has 172 valence electrons. The predicted octanol–water partition coefficient (Wildman–Crippen LogP) is 0.701. The van der Waals surface area contributed by atoms with E-state index in [0.29, 0.717) is 0 Å². The normalized spacial score (nSPS) is 14.7. The fourth-order valence-corrected chi connectivity index (χ4v) is 2.40. The molecule has 0 aliphatic rings. The standard InChI is InChI=1S/C19H30O11/c1-10(2)25-8-16(27-12(4)21)18(29-14(6)23)19(30-15(7)24)17(28-13(5)22)9-26-11(3)20/h10,16-19H,8-9H2,1-7H3/t16-,17-,18-,19-/m1/s1. The summed E-state index contributed by atoms with van der Waals surface area (Å²) < 4.78 is 31.3. The van der Waals surface area contributed by atoms with Crippen LogP contribution >= 0.6 is 0 Å². The number of rotatable bonds is 12. The van der Waals surface area contributed by atoms with Gasteiger partial charge in [-0.05, 0) is 13.8 Å². The van der Waals surface area contributed by atoms with Crippen molar-refractivity contribution in [1.29, 1.82) is 0 Å². The highest BCUT2D eigenvalue weighted by Gasteiger charge is 2.44. The summed E-state index contributed by atoms with van der Waals surface area (Å²) in [5, 5.41) is 0. The summed E-state index contributed by atoms with van der Waals surface area (Å²) in [4.78, 5) is 57.9. The summed E-state index contributed by atoms with van der Waals surface area (Å²) in [6.45, 7) is 8.30. The van der Waals surface area contributed by atoms with E-state index >= 15 is 0 Å². The molecular weight excluding hydrogens is 404 g/mol. The van der Waals surface area contributed by atoms with Crippen LogP contribution in [0.4, 0.5) is 0 Å². The molecule has 0 saturated carbocycles. The zero-order valence-electron chi connectivity index (χ0n) is 18.3. The molecule has 0 N–H and O–H groups in total. The first-order valence-corrected chi connectivity index (χ1v) is 9.27. The van der Waals surface area contributed by atoms with E-state index in [1.54, 1.807) is 13.8 Å². The van der Waals surface area contributed by atoms with Crippen molar-refractivity contribution in [1.82, 2.24) is 0 Å². The maximum atomic E-state index is 11.7. The Labute approximate surface area is 175 Å². The largest absolute Gasteiger partial charge is 0.462 e. The number of esters is 5. The lowest BCUT2D eigenvalue weighted by Gasteiger charge is -2.35. The minimum absolute atomic E-state index is 0.215. The first-order valence-electron chi connectivity index (χ1n) is 9.27. The Bertz CT molecular complexity index is 614. The van der Waals surface area contributed by atoms with Crippen LogP contribution in [0.2, 0.25) is 0 Å². The number of hydrogen-bond acceptors (Lipinski definition) is 11. The van der Waals surface area contributed by atoms with Crippen LogP contribution in [0.5, 0.6) is 0 Å². The van der Waals surface area contributed by atoms with Gasteiger partial charge in [-0.1, -0.05) is 0 Å². The molecule has 0 heterocycles. The van der Waals surface area contributed by atoms with Crippen LogP contribution in [0.1, 0.15) is 48.5 Å². The lowest BCUT2D eigenvalue weighted by atomic mass is 10.0. The van der Waals surface area contributed by atoms with Crippen LogP contribution in [0.25, 0.3) is 0 Å². The van der Waals surface area contributed by atoms with Gasteiger partial charge in [-0.15, -0.1) is 0 Å². The molecule has 0 saturated heterocycles. The summed E-state index contributed by atoms with van der Waals surface area (Å²) in [5.41, 5.74) is 0. The Balaban J connectivity index is 6.16. The molecule has 0 bridgehead atoms. The van der Waals surface area contributed by atoms with Gasteiger partial charge in [0, 0.05) is 34.6 Å². The fraction of sp³-hybridized carbons (Fsp3) is 0.737. The average Bonchev–Trinajstić information content (AvgIpc) is 2.57. The van der Waals surface area contributed by atoms with Gasteiger partial charge in [0.05, 0.1) is 12.7 Å².